The minimum absolute atomic E-state index is 0.164. The average Bonchev–Trinajstić information content (AvgIpc) is 2.35. The van der Waals surface area contributed by atoms with E-state index in [0.717, 1.165) is 5.56 Å². The molecule has 1 rings (SSSR count). The van der Waals surface area contributed by atoms with Crippen LogP contribution in [0.1, 0.15) is 31.4 Å². The van der Waals surface area contributed by atoms with Crippen molar-refractivity contribution in [1.29, 1.82) is 0 Å². The highest BCUT2D eigenvalue weighted by Gasteiger charge is 2.15. The highest BCUT2D eigenvalue weighted by Crippen LogP contribution is 2.20. The Labute approximate surface area is 96.1 Å². The van der Waals surface area contributed by atoms with Crippen molar-refractivity contribution in [1.82, 2.24) is 0 Å². The van der Waals surface area contributed by atoms with Crippen LogP contribution >= 0.6 is 0 Å². The molecule has 0 aliphatic heterocycles. The molecule has 0 aromatic heterocycles. The zero-order chi connectivity index (χ0) is 12.0. The van der Waals surface area contributed by atoms with Gasteiger partial charge in [0, 0.05) is 0 Å². The van der Waals surface area contributed by atoms with Crippen molar-refractivity contribution in [2.45, 2.75) is 25.9 Å². The average molecular weight is 222 g/mol. The maximum Gasteiger partial charge on any atom is 0.308 e. The monoisotopic (exact) mass is 222 g/mol. The van der Waals surface area contributed by atoms with Crippen LogP contribution in [0.2, 0.25) is 0 Å². The first-order chi connectivity index (χ1) is 7.65. The van der Waals surface area contributed by atoms with E-state index in [1.807, 2.05) is 37.3 Å². The summed E-state index contributed by atoms with van der Waals surface area (Å²) in [6.07, 6.45) is 0.691. The van der Waals surface area contributed by atoms with Crippen LogP contribution in [0, 0.1) is 5.92 Å². The molecule has 3 nitrogen and oxygen atoms in total. The lowest BCUT2D eigenvalue weighted by Crippen LogP contribution is -2.13. The van der Waals surface area contributed by atoms with Crippen LogP contribution < -0.4 is 0 Å². The third kappa shape index (κ3) is 3.66. The number of aliphatic hydroxyl groups excluding tert-OH is 1. The lowest BCUT2D eigenvalue weighted by molar-refractivity contribution is -0.145. The molecule has 0 saturated heterocycles. The van der Waals surface area contributed by atoms with E-state index < -0.39 is 6.10 Å². The lowest BCUT2D eigenvalue weighted by Gasteiger charge is -2.13. The fourth-order valence-corrected chi connectivity index (χ4v) is 1.57. The molecule has 2 atom stereocenters. The molecule has 0 bridgehead atoms. The van der Waals surface area contributed by atoms with Gasteiger partial charge >= 0.3 is 5.97 Å². The van der Waals surface area contributed by atoms with Gasteiger partial charge in [0.05, 0.1) is 19.1 Å². The van der Waals surface area contributed by atoms with Gasteiger partial charge in [-0.05, 0) is 18.4 Å². The van der Waals surface area contributed by atoms with Gasteiger partial charge in [0.2, 0.25) is 0 Å². The second-order valence-corrected chi connectivity index (χ2v) is 3.93. The highest BCUT2D eigenvalue weighted by atomic mass is 16.5. The molecule has 0 saturated carbocycles. The Morgan fingerprint density at radius 2 is 1.94 bits per heavy atom. The molecule has 3 heteroatoms. The van der Waals surface area contributed by atoms with Crippen LogP contribution in [0.4, 0.5) is 0 Å². The Hall–Kier alpha value is -1.35. The van der Waals surface area contributed by atoms with Gasteiger partial charge in [-0.15, -0.1) is 0 Å². The minimum Gasteiger partial charge on any atom is -0.469 e. The van der Waals surface area contributed by atoms with E-state index >= 15 is 0 Å². The predicted molar refractivity (Wildman–Crippen MR) is 61.8 cm³/mol. The standard InChI is InChI=1S/C13H18O3/c1-10(13(15)16-2)8-9-12(14)11-6-4-3-5-7-11/h3-7,10,12,14H,8-9H2,1-2H3/t10-,12+/m0/s1. The minimum atomic E-state index is -0.506. The molecule has 1 aromatic rings. The molecule has 16 heavy (non-hydrogen) atoms. The molecule has 1 N–H and O–H groups in total. The van der Waals surface area contributed by atoms with Crippen LogP contribution in [-0.4, -0.2) is 18.2 Å². The van der Waals surface area contributed by atoms with Gasteiger partial charge in [0.1, 0.15) is 0 Å². The van der Waals surface area contributed by atoms with Gasteiger partial charge in [-0.2, -0.15) is 0 Å². The van der Waals surface area contributed by atoms with E-state index in [4.69, 9.17) is 0 Å². The van der Waals surface area contributed by atoms with Crippen molar-refractivity contribution in [2.24, 2.45) is 5.92 Å². The van der Waals surface area contributed by atoms with Crippen LogP contribution in [0.5, 0.6) is 0 Å². The number of esters is 1. The van der Waals surface area contributed by atoms with E-state index in [1.165, 1.54) is 7.11 Å². The van der Waals surface area contributed by atoms with Crippen LogP contribution in [0.15, 0.2) is 30.3 Å². The van der Waals surface area contributed by atoms with Crippen LogP contribution in [0.25, 0.3) is 0 Å². The predicted octanol–water partition coefficient (Wildman–Crippen LogP) is 2.31. The summed E-state index contributed by atoms with van der Waals surface area (Å²) in [7, 11) is 1.38. The fourth-order valence-electron chi connectivity index (χ4n) is 1.57. The Bertz CT molecular complexity index is 321. The Balaban J connectivity index is 2.41. The topological polar surface area (TPSA) is 46.5 Å². The molecule has 0 amide bonds. The molecule has 0 unspecified atom stereocenters. The zero-order valence-corrected chi connectivity index (χ0v) is 9.72. The first-order valence-corrected chi connectivity index (χ1v) is 5.46. The molecule has 0 aliphatic rings. The van der Waals surface area contributed by atoms with Crippen molar-refractivity contribution in [2.75, 3.05) is 7.11 Å². The molecule has 0 aliphatic carbocycles. The maximum atomic E-state index is 11.2. The first-order valence-electron chi connectivity index (χ1n) is 5.46. The fraction of sp³-hybridized carbons (Fsp3) is 0.462. The van der Waals surface area contributed by atoms with Gasteiger partial charge in [-0.1, -0.05) is 37.3 Å². The number of benzene rings is 1. The van der Waals surface area contributed by atoms with E-state index in [1.54, 1.807) is 0 Å². The molecule has 88 valence electrons. The zero-order valence-electron chi connectivity index (χ0n) is 9.72. The molecule has 1 aromatic carbocycles. The van der Waals surface area contributed by atoms with Gasteiger partial charge < -0.3 is 9.84 Å². The quantitative estimate of drug-likeness (QED) is 0.778. The summed E-state index contributed by atoms with van der Waals surface area (Å²) in [6, 6.07) is 9.46. The number of carbonyl (C=O) groups is 1. The Morgan fingerprint density at radius 3 is 2.50 bits per heavy atom. The maximum absolute atomic E-state index is 11.2. The van der Waals surface area contributed by atoms with Crippen molar-refractivity contribution in [3.05, 3.63) is 35.9 Å². The number of hydrogen-bond donors (Lipinski definition) is 1. The van der Waals surface area contributed by atoms with Gasteiger partial charge in [0.25, 0.3) is 0 Å². The van der Waals surface area contributed by atoms with Crippen molar-refractivity contribution in [3.8, 4) is 0 Å². The molecule has 0 fully saturated rings. The summed E-state index contributed by atoms with van der Waals surface area (Å²) >= 11 is 0. The van der Waals surface area contributed by atoms with E-state index in [0.29, 0.717) is 12.8 Å². The molecule has 0 spiro atoms. The Morgan fingerprint density at radius 1 is 1.31 bits per heavy atom. The van der Waals surface area contributed by atoms with Crippen LogP contribution in [0.3, 0.4) is 0 Å². The SMILES string of the molecule is COC(=O)[C@@H](C)CC[C@@H](O)c1ccccc1. The molecule has 0 heterocycles. The van der Waals surface area contributed by atoms with E-state index in [9.17, 15) is 9.90 Å². The number of hydrogen-bond acceptors (Lipinski definition) is 3. The van der Waals surface area contributed by atoms with Gasteiger partial charge in [0.15, 0.2) is 0 Å². The van der Waals surface area contributed by atoms with Gasteiger partial charge in [-0.3, -0.25) is 4.79 Å². The first kappa shape index (κ1) is 12.7. The largest absolute Gasteiger partial charge is 0.469 e. The number of carbonyl (C=O) groups excluding carboxylic acids is 1. The summed E-state index contributed by atoms with van der Waals surface area (Å²) in [4.78, 5) is 11.2. The smallest absolute Gasteiger partial charge is 0.308 e. The molecule has 0 radical (unpaired) electrons. The number of aliphatic hydroxyl groups is 1. The highest BCUT2D eigenvalue weighted by molar-refractivity contribution is 5.71. The molecular formula is C13H18O3. The summed E-state index contributed by atoms with van der Waals surface area (Å²) in [5, 5.41) is 9.87. The summed E-state index contributed by atoms with van der Waals surface area (Å²) in [5.41, 5.74) is 0.888. The van der Waals surface area contributed by atoms with Crippen molar-refractivity contribution in [3.63, 3.8) is 0 Å². The van der Waals surface area contributed by atoms with E-state index in [-0.39, 0.29) is 11.9 Å². The van der Waals surface area contributed by atoms with Crippen molar-refractivity contribution < 1.29 is 14.6 Å². The van der Waals surface area contributed by atoms with Crippen molar-refractivity contribution >= 4 is 5.97 Å². The normalized spacial score (nSPS) is 14.2. The number of rotatable bonds is 5. The number of methoxy groups -OCH3 is 1. The van der Waals surface area contributed by atoms with Gasteiger partial charge in [-0.25, -0.2) is 0 Å². The molecular weight excluding hydrogens is 204 g/mol. The lowest BCUT2D eigenvalue weighted by atomic mass is 9.99. The summed E-state index contributed by atoms with van der Waals surface area (Å²) in [6.45, 7) is 1.81. The summed E-state index contributed by atoms with van der Waals surface area (Å²) in [5.74, 6) is -0.386. The van der Waals surface area contributed by atoms with Crippen LogP contribution in [-0.2, 0) is 9.53 Å². The number of ether oxygens (including phenoxy) is 1. The van der Waals surface area contributed by atoms with E-state index in [2.05, 4.69) is 4.74 Å². The summed E-state index contributed by atoms with van der Waals surface area (Å²) < 4.78 is 4.63. The Kier molecular flexibility index (Phi) is 4.99. The third-order valence-corrected chi connectivity index (χ3v) is 2.66. The second-order valence-electron chi connectivity index (χ2n) is 3.93. The third-order valence-electron chi connectivity index (χ3n) is 2.66. The second kappa shape index (κ2) is 6.28.